The fourth-order valence-electron chi connectivity index (χ4n) is 2.27. The van der Waals surface area contributed by atoms with Crippen molar-refractivity contribution < 1.29 is 8.42 Å². The monoisotopic (exact) mass is 226 g/mol. The molecule has 2 atom stereocenters. The van der Waals surface area contributed by atoms with Crippen LogP contribution in [0.2, 0.25) is 0 Å². The molecule has 6 heteroatoms. The molecule has 3 N–H and O–H groups in total. The molecule has 2 saturated heterocycles. The Bertz CT molecular complexity index is 268. The number of halogens is 1. The van der Waals surface area contributed by atoms with E-state index in [1.165, 1.54) is 0 Å². The lowest BCUT2D eigenvalue weighted by molar-refractivity contribution is 0.401. The van der Waals surface area contributed by atoms with Gasteiger partial charge in [-0.2, -0.15) is 0 Å². The molecule has 0 aliphatic carbocycles. The van der Waals surface area contributed by atoms with Crippen molar-refractivity contribution in [2.75, 3.05) is 0 Å². The van der Waals surface area contributed by atoms with E-state index in [1.807, 2.05) is 0 Å². The number of nitrogens with one attached hydrogen (secondary N) is 1. The molecule has 13 heavy (non-hydrogen) atoms. The Kier molecular flexibility index (Phi) is 3.22. The number of hydrogen-bond acceptors (Lipinski definition) is 3. The Morgan fingerprint density at radius 3 is 2.00 bits per heavy atom. The van der Waals surface area contributed by atoms with Crippen molar-refractivity contribution in [1.29, 1.82) is 0 Å². The van der Waals surface area contributed by atoms with Crippen LogP contribution < -0.4 is 10.5 Å². The predicted molar refractivity (Wildman–Crippen MR) is 53.3 cm³/mol. The highest BCUT2D eigenvalue weighted by Gasteiger charge is 2.37. The maximum Gasteiger partial charge on any atom is 0.212 e. The van der Waals surface area contributed by atoms with E-state index in [0.717, 1.165) is 12.8 Å². The van der Waals surface area contributed by atoms with Gasteiger partial charge in [0.05, 0.1) is 5.25 Å². The van der Waals surface area contributed by atoms with Crippen molar-refractivity contribution in [2.24, 2.45) is 5.14 Å². The van der Waals surface area contributed by atoms with Gasteiger partial charge in [0.15, 0.2) is 0 Å². The summed E-state index contributed by atoms with van der Waals surface area (Å²) in [6.45, 7) is 0. The fourth-order valence-corrected chi connectivity index (χ4v) is 3.27. The van der Waals surface area contributed by atoms with Crippen molar-refractivity contribution in [3.05, 3.63) is 0 Å². The van der Waals surface area contributed by atoms with Crippen LogP contribution in [0, 0.1) is 0 Å². The Hall–Kier alpha value is 0.160. The van der Waals surface area contributed by atoms with Crippen molar-refractivity contribution >= 4 is 22.4 Å². The van der Waals surface area contributed by atoms with E-state index in [4.69, 9.17) is 5.14 Å². The van der Waals surface area contributed by atoms with Gasteiger partial charge in [0.2, 0.25) is 10.0 Å². The van der Waals surface area contributed by atoms with E-state index in [9.17, 15) is 8.42 Å². The molecule has 2 aliphatic rings. The van der Waals surface area contributed by atoms with Crippen molar-refractivity contribution in [3.8, 4) is 0 Å². The van der Waals surface area contributed by atoms with Crippen LogP contribution in [-0.2, 0) is 10.0 Å². The van der Waals surface area contributed by atoms with Gasteiger partial charge in [-0.1, -0.05) is 0 Å². The van der Waals surface area contributed by atoms with Gasteiger partial charge in [0.25, 0.3) is 0 Å². The molecule has 2 rings (SSSR count). The van der Waals surface area contributed by atoms with Gasteiger partial charge in [0.1, 0.15) is 0 Å². The van der Waals surface area contributed by atoms with Crippen LogP contribution in [0.25, 0.3) is 0 Å². The number of fused-ring (bicyclic) bond motifs is 2. The first kappa shape index (κ1) is 11.2. The molecule has 2 unspecified atom stereocenters. The van der Waals surface area contributed by atoms with Crippen molar-refractivity contribution in [2.45, 2.75) is 43.0 Å². The number of rotatable bonds is 1. The number of sulfonamides is 1. The molecule has 4 nitrogen and oxygen atoms in total. The van der Waals surface area contributed by atoms with E-state index in [2.05, 4.69) is 5.32 Å². The Morgan fingerprint density at radius 2 is 1.62 bits per heavy atom. The summed E-state index contributed by atoms with van der Waals surface area (Å²) in [7, 11) is -3.29. The molecule has 2 heterocycles. The predicted octanol–water partition coefficient (Wildman–Crippen LogP) is -0.0203. The zero-order valence-electron chi connectivity index (χ0n) is 7.27. The minimum Gasteiger partial charge on any atom is -0.311 e. The first-order valence-electron chi connectivity index (χ1n) is 4.33. The van der Waals surface area contributed by atoms with E-state index < -0.39 is 10.0 Å². The first-order chi connectivity index (χ1) is 5.55. The van der Waals surface area contributed by atoms with Crippen LogP contribution in [0.15, 0.2) is 0 Å². The summed E-state index contributed by atoms with van der Waals surface area (Å²) in [5.41, 5.74) is 0. The van der Waals surface area contributed by atoms with Crippen LogP contribution in [0.1, 0.15) is 25.7 Å². The van der Waals surface area contributed by atoms with Gasteiger partial charge < -0.3 is 5.32 Å². The number of primary sulfonamides is 1. The van der Waals surface area contributed by atoms with E-state index in [1.54, 1.807) is 0 Å². The van der Waals surface area contributed by atoms with Gasteiger partial charge in [0, 0.05) is 12.1 Å². The molecular weight excluding hydrogens is 212 g/mol. The van der Waals surface area contributed by atoms with Gasteiger partial charge in [-0.15, -0.1) is 12.4 Å². The largest absolute Gasteiger partial charge is 0.311 e. The molecule has 78 valence electrons. The summed E-state index contributed by atoms with van der Waals surface area (Å²) in [4.78, 5) is 0. The Labute approximate surface area is 84.7 Å². The minimum absolute atomic E-state index is 0. The number of hydrogen-bond donors (Lipinski definition) is 2. The average molecular weight is 227 g/mol. The van der Waals surface area contributed by atoms with Gasteiger partial charge in [-0.3, -0.25) is 0 Å². The van der Waals surface area contributed by atoms with Crippen LogP contribution >= 0.6 is 12.4 Å². The highest BCUT2D eigenvalue weighted by atomic mass is 35.5. The van der Waals surface area contributed by atoms with Crippen LogP contribution in [0.3, 0.4) is 0 Å². The maximum atomic E-state index is 11.1. The summed E-state index contributed by atoms with van der Waals surface area (Å²) < 4.78 is 22.1. The van der Waals surface area contributed by atoms with Gasteiger partial charge in [-0.05, 0) is 25.7 Å². The summed E-state index contributed by atoms with van der Waals surface area (Å²) in [5.74, 6) is 0. The van der Waals surface area contributed by atoms with Gasteiger partial charge >= 0.3 is 0 Å². The second-order valence-corrected chi connectivity index (χ2v) is 5.67. The second kappa shape index (κ2) is 3.73. The topological polar surface area (TPSA) is 72.2 Å². The average Bonchev–Trinajstić information content (AvgIpc) is 2.28. The van der Waals surface area contributed by atoms with Crippen LogP contribution in [0.5, 0.6) is 0 Å². The lowest BCUT2D eigenvalue weighted by Crippen LogP contribution is -2.45. The highest BCUT2D eigenvalue weighted by Crippen LogP contribution is 2.29. The summed E-state index contributed by atoms with van der Waals surface area (Å²) >= 11 is 0. The van der Waals surface area contributed by atoms with Gasteiger partial charge in [-0.25, -0.2) is 13.6 Å². The lowest BCUT2D eigenvalue weighted by atomic mass is 10.1. The second-order valence-electron chi connectivity index (χ2n) is 3.82. The summed E-state index contributed by atoms with van der Waals surface area (Å²) in [6.07, 6.45) is 3.62. The Morgan fingerprint density at radius 1 is 1.15 bits per heavy atom. The van der Waals surface area contributed by atoms with E-state index >= 15 is 0 Å². The third-order valence-corrected chi connectivity index (χ3v) is 4.21. The first-order valence-corrected chi connectivity index (χ1v) is 5.94. The zero-order chi connectivity index (χ0) is 8.77. The third-order valence-electron chi connectivity index (χ3n) is 2.89. The third kappa shape index (κ3) is 2.34. The molecule has 2 aliphatic heterocycles. The molecular formula is C7H15ClN2O2S. The summed E-state index contributed by atoms with van der Waals surface area (Å²) in [5, 5.41) is 8.18. The fraction of sp³-hybridized carbons (Fsp3) is 1.00. The molecule has 0 aromatic carbocycles. The molecule has 2 bridgehead atoms. The molecule has 0 saturated carbocycles. The molecule has 0 spiro atoms. The smallest absolute Gasteiger partial charge is 0.212 e. The van der Waals surface area contributed by atoms with E-state index in [-0.39, 0.29) is 17.7 Å². The van der Waals surface area contributed by atoms with Crippen molar-refractivity contribution in [3.63, 3.8) is 0 Å². The molecule has 0 aromatic rings. The molecule has 0 amide bonds. The minimum atomic E-state index is -3.29. The number of piperidine rings is 1. The normalized spacial score (nSPS) is 38.4. The zero-order valence-corrected chi connectivity index (χ0v) is 8.90. The van der Waals surface area contributed by atoms with Crippen LogP contribution in [-0.4, -0.2) is 25.8 Å². The standard InChI is InChI=1S/C7H14N2O2S.ClH/c8-12(10,11)7-3-5-1-2-6(4-7)9-5;/h5-7,9H,1-4H2,(H2,8,10,11);1H. The van der Waals surface area contributed by atoms with Crippen molar-refractivity contribution in [1.82, 2.24) is 5.32 Å². The molecule has 0 aromatic heterocycles. The highest BCUT2D eigenvalue weighted by molar-refractivity contribution is 7.89. The van der Waals surface area contributed by atoms with Crippen LogP contribution in [0.4, 0.5) is 0 Å². The lowest BCUT2D eigenvalue weighted by Gasteiger charge is -2.27. The van der Waals surface area contributed by atoms with E-state index in [0.29, 0.717) is 24.9 Å². The number of nitrogens with two attached hydrogens (primary N) is 1. The SMILES string of the molecule is Cl.NS(=O)(=O)C1CC2CCC(C1)N2. The molecule has 0 radical (unpaired) electrons. The summed E-state index contributed by atoms with van der Waals surface area (Å²) in [6, 6.07) is 0.791. The Balaban J connectivity index is 0.000000845. The maximum absolute atomic E-state index is 11.1. The quantitative estimate of drug-likeness (QED) is 0.660. The molecule has 2 fully saturated rings.